The Balaban J connectivity index is 1.45. The molecule has 0 saturated carbocycles. The first kappa shape index (κ1) is 18.1. The van der Waals surface area contributed by atoms with Crippen LogP contribution in [0.5, 0.6) is 0 Å². The van der Waals surface area contributed by atoms with Crippen LogP contribution in [-0.4, -0.2) is 55.2 Å². The SMILES string of the molecule is O=C1CN(C2CCN(S(=O)(=O)c3cccs3)CC2)C(=O)N1c1ccccc1. The number of imide groups is 1. The normalized spacial score (nSPS) is 19.9. The Bertz CT molecular complexity index is 936. The zero-order chi connectivity index (χ0) is 19.0. The minimum atomic E-state index is -3.47. The first-order valence-electron chi connectivity index (χ1n) is 8.71. The second-order valence-corrected chi connectivity index (χ2v) is 9.65. The zero-order valence-corrected chi connectivity index (χ0v) is 16.2. The minimum Gasteiger partial charge on any atom is -0.312 e. The average molecular weight is 406 g/mol. The molecular weight excluding hydrogens is 386 g/mol. The highest BCUT2D eigenvalue weighted by Gasteiger charge is 2.42. The van der Waals surface area contributed by atoms with Crippen molar-refractivity contribution in [2.75, 3.05) is 24.5 Å². The number of carbonyl (C=O) groups is 2. The number of rotatable bonds is 4. The molecule has 9 heteroatoms. The van der Waals surface area contributed by atoms with Gasteiger partial charge in [0.25, 0.3) is 15.9 Å². The van der Waals surface area contributed by atoms with Crippen LogP contribution in [0.3, 0.4) is 0 Å². The van der Waals surface area contributed by atoms with Gasteiger partial charge in [-0.05, 0) is 36.4 Å². The van der Waals surface area contributed by atoms with Crippen LogP contribution in [0.25, 0.3) is 0 Å². The molecule has 2 saturated heterocycles. The summed E-state index contributed by atoms with van der Waals surface area (Å²) in [6.45, 7) is 0.721. The summed E-state index contributed by atoms with van der Waals surface area (Å²) in [7, 11) is -3.47. The standard InChI is InChI=1S/C18H19N3O4S2/c22-16-13-20(18(23)21(16)15-5-2-1-3-6-15)14-8-10-19(11-9-14)27(24,25)17-7-4-12-26-17/h1-7,12,14H,8-11,13H2. The Kier molecular flexibility index (Phi) is 4.75. The number of hydrogen-bond acceptors (Lipinski definition) is 5. The van der Waals surface area contributed by atoms with Crippen LogP contribution in [-0.2, 0) is 14.8 Å². The monoisotopic (exact) mass is 405 g/mol. The van der Waals surface area contributed by atoms with Gasteiger partial charge in [0.1, 0.15) is 10.8 Å². The molecule has 7 nitrogen and oxygen atoms in total. The topological polar surface area (TPSA) is 78.0 Å². The molecule has 0 unspecified atom stereocenters. The van der Waals surface area contributed by atoms with Crippen molar-refractivity contribution in [2.24, 2.45) is 0 Å². The van der Waals surface area contributed by atoms with Crippen molar-refractivity contribution < 1.29 is 18.0 Å². The molecule has 27 heavy (non-hydrogen) atoms. The van der Waals surface area contributed by atoms with Crippen molar-refractivity contribution in [3.63, 3.8) is 0 Å². The Labute approximate surface area is 161 Å². The lowest BCUT2D eigenvalue weighted by molar-refractivity contribution is -0.116. The lowest BCUT2D eigenvalue weighted by atomic mass is 10.1. The van der Waals surface area contributed by atoms with Crippen LogP contribution < -0.4 is 4.90 Å². The van der Waals surface area contributed by atoms with Gasteiger partial charge in [-0.2, -0.15) is 4.31 Å². The van der Waals surface area contributed by atoms with Gasteiger partial charge in [-0.25, -0.2) is 18.1 Å². The molecule has 0 radical (unpaired) electrons. The summed E-state index contributed by atoms with van der Waals surface area (Å²) in [6, 6.07) is 11.7. The fourth-order valence-electron chi connectivity index (χ4n) is 3.57. The molecule has 0 spiro atoms. The number of anilines is 1. The number of piperidine rings is 1. The highest BCUT2D eigenvalue weighted by atomic mass is 32.2. The maximum atomic E-state index is 12.8. The summed E-state index contributed by atoms with van der Waals surface area (Å²) in [5, 5.41) is 1.74. The van der Waals surface area contributed by atoms with Crippen molar-refractivity contribution in [3.05, 3.63) is 47.8 Å². The van der Waals surface area contributed by atoms with E-state index in [9.17, 15) is 18.0 Å². The summed E-state index contributed by atoms with van der Waals surface area (Å²) >= 11 is 1.20. The number of nitrogens with zero attached hydrogens (tertiary/aromatic N) is 3. The van der Waals surface area contributed by atoms with Crippen molar-refractivity contribution >= 4 is 39.0 Å². The minimum absolute atomic E-state index is 0.0378. The van der Waals surface area contributed by atoms with Gasteiger partial charge in [-0.15, -0.1) is 11.3 Å². The Hall–Kier alpha value is -2.23. The maximum absolute atomic E-state index is 12.8. The number of amides is 3. The number of thiophene rings is 1. The molecule has 2 aromatic rings. The molecule has 1 aromatic heterocycles. The van der Waals surface area contributed by atoms with Gasteiger partial charge in [0, 0.05) is 19.1 Å². The highest BCUT2D eigenvalue weighted by molar-refractivity contribution is 7.91. The van der Waals surface area contributed by atoms with Gasteiger partial charge < -0.3 is 4.90 Å². The molecule has 0 N–H and O–H groups in total. The smallest absolute Gasteiger partial charge is 0.312 e. The third kappa shape index (κ3) is 3.26. The second-order valence-electron chi connectivity index (χ2n) is 6.54. The van der Waals surface area contributed by atoms with Crippen LogP contribution in [0.4, 0.5) is 10.5 Å². The van der Waals surface area contributed by atoms with Crippen LogP contribution in [0.2, 0.25) is 0 Å². The van der Waals surface area contributed by atoms with Gasteiger partial charge in [-0.3, -0.25) is 4.79 Å². The number of carbonyl (C=O) groups excluding carboxylic acids is 2. The fraction of sp³-hybridized carbons (Fsp3) is 0.333. The van der Waals surface area contributed by atoms with E-state index in [4.69, 9.17) is 0 Å². The van der Waals surface area contributed by atoms with Gasteiger partial charge in [0.2, 0.25) is 0 Å². The molecule has 142 valence electrons. The molecule has 0 bridgehead atoms. The Morgan fingerprint density at radius 2 is 1.67 bits per heavy atom. The summed E-state index contributed by atoms with van der Waals surface area (Å²) in [5.74, 6) is -0.250. The zero-order valence-electron chi connectivity index (χ0n) is 14.5. The van der Waals surface area contributed by atoms with Crippen molar-refractivity contribution in [1.29, 1.82) is 0 Å². The largest absolute Gasteiger partial charge is 0.332 e. The molecule has 3 heterocycles. The highest BCUT2D eigenvalue weighted by Crippen LogP contribution is 2.29. The van der Waals surface area contributed by atoms with E-state index in [-0.39, 0.29) is 24.5 Å². The summed E-state index contributed by atoms with van der Waals surface area (Å²) in [4.78, 5) is 27.9. The van der Waals surface area contributed by atoms with Gasteiger partial charge in [-0.1, -0.05) is 24.3 Å². The molecule has 4 rings (SSSR count). The van der Waals surface area contributed by atoms with Crippen molar-refractivity contribution in [1.82, 2.24) is 9.21 Å². The molecule has 1 aromatic carbocycles. The van der Waals surface area contributed by atoms with Crippen LogP contribution >= 0.6 is 11.3 Å². The number of para-hydroxylation sites is 1. The summed E-state index contributed by atoms with van der Waals surface area (Å²) < 4.78 is 27.0. The van der Waals surface area contributed by atoms with E-state index in [2.05, 4.69) is 0 Å². The summed E-state index contributed by atoms with van der Waals surface area (Å²) in [6.07, 6.45) is 1.04. The van der Waals surface area contributed by atoms with E-state index in [0.29, 0.717) is 35.8 Å². The predicted molar refractivity (Wildman–Crippen MR) is 102 cm³/mol. The van der Waals surface area contributed by atoms with Gasteiger partial charge in [0.15, 0.2) is 0 Å². The summed E-state index contributed by atoms with van der Waals surface area (Å²) in [5.41, 5.74) is 0.563. The third-order valence-corrected chi connectivity index (χ3v) is 8.23. The molecule has 0 atom stereocenters. The van der Waals surface area contributed by atoms with Crippen molar-refractivity contribution in [3.8, 4) is 0 Å². The Morgan fingerprint density at radius 1 is 0.963 bits per heavy atom. The lowest BCUT2D eigenvalue weighted by Gasteiger charge is -2.35. The van der Waals surface area contributed by atoms with E-state index >= 15 is 0 Å². The molecule has 0 aliphatic carbocycles. The van der Waals surface area contributed by atoms with E-state index in [1.54, 1.807) is 46.7 Å². The second kappa shape index (κ2) is 7.06. The van der Waals surface area contributed by atoms with Gasteiger partial charge >= 0.3 is 6.03 Å². The number of urea groups is 1. The third-order valence-electron chi connectivity index (χ3n) is 4.96. The molecule has 2 fully saturated rings. The lowest BCUT2D eigenvalue weighted by Crippen LogP contribution is -2.47. The molecular formula is C18H19N3O4S2. The average Bonchev–Trinajstić information content (AvgIpc) is 3.31. The maximum Gasteiger partial charge on any atom is 0.332 e. The number of sulfonamides is 1. The Morgan fingerprint density at radius 3 is 2.30 bits per heavy atom. The van der Waals surface area contributed by atoms with Crippen molar-refractivity contribution in [2.45, 2.75) is 23.1 Å². The van der Waals surface area contributed by atoms with Gasteiger partial charge in [0.05, 0.1) is 5.69 Å². The van der Waals surface area contributed by atoms with E-state index in [1.165, 1.54) is 20.5 Å². The van der Waals surface area contributed by atoms with Crippen LogP contribution in [0.1, 0.15) is 12.8 Å². The van der Waals surface area contributed by atoms with Crippen LogP contribution in [0, 0.1) is 0 Å². The van der Waals surface area contributed by atoms with Crippen LogP contribution in [0.15, 0.2) is 52.1 Å². The first-order valence-corrected chi connectivity index (χ1v) is 11.0. The predicted octanol–water partition coefficient (Wildman–Crippen LogP) is 2.37. The fourth-order valence-corrected chi connectivity index (χ4v) is 6.18. The van der Waals surface area contributed by atoms with E-state index in [1.807, 2.05) is 6.07 Å². The molecule has 2 aliphatic rings. The van der Waals surface area contributed by atoms with E-state index in [0.717, 1.165) is 0 Å². The molecule has 2 aliphatic heterocycles. The number of hydrogen-bond donors (Lipinski definition) is 0. The molecule has 3 amide bonds. The number of benzene rings is 1. The quantitative estimate of drug-likeness (QED) is 0.732. The first-order chi connectivity index (χ1) is 13.0. The van der Waals surface area contributed by atoms with E-state index < -0.39 is 10.0 Å².